The molecule has 0 spiro atoms. The van der Waals surface area contributed by atoms with Gasteiger partial charge in [-0.1, -0.05) is 0 Å². The van der Waals surface area contributed by atoms with E-state index in [1.807, 2.05) is 0 Å². The summed E-state index contributed by atoms with van der Waals surface area (Å²) in [5.41, 5.74) is 7.51. The molecule has 1 aliphatic rings. The molecule has 2 nitrogen and oxygen atoms in total. The maximum Gasteiger partial charge on any atom is 0.0332 e. The van der Waals surface area contributed by atoms with Crippen LogP contribution in [0.5, 0.6) is 0 Å². The number of nitrogens with one attached hydrogen (secondary N) is 1. The molecule has 0 unspecified atom stereocenters. The van der Waals surface area contributed by atoms with Crippen molar-refractivity contribution in [2.75, 3.05) is 13.1 Å². The minimum atomic E-state index is 0.258. The van der Waals surface area contributed by atoms with Gasteiger partial charge in [0.1, 0.15) is 0 Å². The second kappa shape index (κ2) is 4.22. The van der Waals surface area contributed by atoms with Gasteiger partial charge >= 0.3 is 0 Å². The zero-order valence-electron chi connectivity index (χ0n) is 7.70. The fourth-order valence-corrected chi connectivity index (χ4v) is 2.65. The molecule has 1 aromatic rings. The van der Waals surface area contributed by atoms with E-state index >= 15 is 0 Å². The Bertz CT molecular complexity index is 239. The Hall–Kier alpha value is -0.380. The molecule has 1 fully saturated rings. The van der Waals surface area contributed by atoms with Gasteiger partial charge in [-0.2, -0.15) is 11.3 Å². The Morgan fingerprint density at radius 3 is 2.85 bits per heavy atom. The van der Waals surface area contributed by atoms with Crippen molar-refractivity contribution in [2.45, 2.75) is 18.9 Å². The van der Waals surface area contributed by atoms with Crippen molar-refractivity contribution < 1.29 is 0 Å². The van der Waals surface area contributed by atoms with Crippen LogP contribution in [0.2, 0.25) is 0 Å². The summed E-state index contributed by atoms with van der Waals surface area (Å²) in [5.74, 6) is 0.677. The fourth-order valence-electron chi connectivity index (χ4n) is 1.94. The molecule has 1 aliphatic heterocycles. The van der Waals surface area contributed by atoms with E-state index in [0.29, 0.717) is 5.92 Å². The molecule has 2 rings (SSSR count). The zero-order chi connectivity index (χ0) is 9.10. The maximum absolute atomic E-state index is 6.19. The summed E-state index contributed by atoms with van der Waals surface area (Å²) in [5, 5.41) is 7.64. The Labute approximate surface area is 83.1 Å². The van der Waals surface area contributed by atoms with E-state index in [1.54, 1.807) is 11.3 Å². The van der Waals surface area contributed by atoms with E-state index < -0.39 is 0 Å². The van der Waals surface area contributed by atoms with E-state index in [4.69, 9.17) is 5.73 Å². The van der Waals surface area contributed by atoms with Crippen molar-refractivity contribution in [3.63, 3.8) is 0 Å². The van der Waals surface area contributed by atoms with Crippen LogP contribution in [-0.4, -0.2) is 13.1 Å². The highest BCUT2D eigenvalue weighted by atomic mass is 32.1. The van der Waals surface area contributed by atoms with Crippen molar-refractivity contribution in [1.29, 1.82) is 0 Å². The predicted octanol–water partition coefficient (Wildman–Crippen LogP) is 1.75. The van der Waals surface area contributed by atoms with Crippen molar-refractivity contribution in [3.8, 4) is 0 Å². The van der Waals surface area contributed by atoms with Crippen LogP contribution in [0, 0.1) is 5.92 Å². The molecule has 1 aromatic heterocycles. The van der Waals surface area contributed by atoms with E-state index in [2.05, 4.69) is 22.1 Å². The summed E-state index contributed by atoms with van der Waals surface area (Å²) in [7, 11) is 0. The van der Waals surface area contributed by atoms with E-state index in [1.165, 1.54) is 18.4 Å². The zero-order valence-corrected chi connectivity index (χ0v) is 8.52. The molecule has 13 heavy (non-hydrogen) atoms. The fraction of sp³-hybridized carbons (Fsp3) is 0.600. The minimum absolute atomic E-state index is 0.258. The summed E-state index contributed by atoms with van der Waals surface area (Å²) >= 11 is 1.74. The highest BCUT2D eigenvalue weighted by Crippen LogP contribution is 2.27. The maximum atomic E-state index is 6.19. The van der Waals surface area contributed by atoms with Gasteiger partial charge in [-0.15, -0.1) is 0 Å². The first-order valence-corrected chi connectivity index (χ1v) is 5.80. The Morgan fingerprint density at radius 1 is 1.46 bits per heavy atom. The third-order valence-electron chi connectivity index (χ3n) is 2.82. The highest BCUT2D eigenvalue weighted by Gasteiger charge is 2.21. The van der Waals surface area contributed by atoms with Crippen molar-refractivity contribution in [1.82, 2.24) is 5.32 Å². The smallest absolute Gasteiger partial charge is 0.0332 e. The Kier molecular flexibility index (Phi) is 2.98. The molecule has 0 aliphatic carbocycles. The predicted molar refractivity (Wildman–Crippen MR) is 56.8 cm³/mol. The number of rotatable bonds is 2. The van der Waals surface area contributed by atoms with E-state index in [9.17, 15) is 0 Å². The monoisotopic (exact) mass is 196 g/mol. The molecular formula is C10H16N2S. The first-order chi connectivity index (χ1) is 6.38. The van der Waals surface area contributed by atoms with Crippen molar-refractivity contribution in [2.24, 2.45) is 11.7 Å². The quantitative estimate of drug-likeness (QED) is 0.756. The molecule has 0 radical (unpaired) electrons. The summed E-state index contributed by atoms with van der Waals surface area (Å²) in [6.07, 6.45) is 2.44. The van der Waals surface area contributed by atoms with Crippen LogP contribution in [0.3, 0.4) is 0 Å². The van der Waals surface area contributed by atoms with Gasteiger partial charge in [0.25, 0.3) is 0 Å². The molecule has 0 aromatic carbocycles. The van der Waals surface area contributed by atoms with Crippen LogP contribution >= 0.6 is 11.3 Å². The molecule has 2 heterocycles. The normalized spacial score (nSPS) is 21.6. The van der Waals surface area contributed by atoms with Crippen LogP contribution in [0.25, 0.3) is 0 Å². The lowest BCUT2D eigenvalue weighted by Crippen LogP contribution is -2.33. The molecule has 3 heteroatoms. The van der Waals surface area contributed by atoms with Gasteiger partial charge in [-0.25, -0.2) is 0 Å². The summed E-state index contributed by atoms with van der Waals surface area (Å²) < 4.78 is 0. The average molecular weight is 196 g/mol. The van der Waals surface area contributed by atoms with E-state index in [0.717, 1.165) is 13.1 Å². The van der Waals surface area contributed by atoms with Crippen molar-refractivity contribution in [3.05, 3.63) is 22.4 Å². The standard InChI is InChI=1S/C10H16N2S/c11-10(9-3-6-13-7-9)8-1-4-12-5-2-8/h3,6-8,10,12H,1-2,4-5,11H2/t10-/m1/s1. The highest BCUT2D eigenvalue weighted by molar-refractivity contribution is 7.07. The average Bonchev–Trinajstić information content (AvgIpc) is 2.71. The van der Waals surface area contributed by atoms with Gasteiger partial charge in [0.15, 0.2) is 0 Å². The molecular weight excluding hydrogens is 180 g/mol. The molecule has 0 amide bonds. The number of hydrogen-bond donors (Lipinski definition) is 2. The first-order valence-electron chi connectivity index (χ1n) is 4.86. The van der Waals surface area contributed by atoms with Crippen LogP contribution in [0.4, 0.5) is 0 Å². The first kappa shape index (κ1) is 9.19. The summed E-state index contributed by atoms with van der Waals surface area (Å²) in [6.45, 7) is 2.25. The van der Waals surface area contributed by atoms with Gasteiger partial charge < -0.3 is 11.1 Å². The lowest BCUT2D eigenvalue weighted by atomic mass is 9.88. The lowest BCUT2D eigenvalue weighted by Gasteiger charge is -2.27. The molecule has 1 atom stereocenters. The third-order valence-corrected chi connectivity index (χ3v) is 3.52. The number of piperidine rings is 1. The van der Waals surface area contributed by atoms with Gasteiger partial charge in [0.2, 0.25) is 0 Å². The Balaban J connectivity index is 1.99. The SMILES string of the molecule is N[C@@H](c1ccsc1)C1CCNCC1. The van der Waals surface area contributed by atoms with Crippen LogP contribution in [0.1, 0.15) is 24.4 Å². The van der Waals surface area contributed by atoms with E-state index in [-0.39, 0.29) is 6.04 Å². The second-order valence-electron chi connectivity index (χ2n) is 3.67. The van der Waals surface area contributed by atoms with Gasteiger partial charge in [0.05, 0.1) is 0 Å². The largest absolute Gasteiger partial charge is 0.324 e. The summed E-state index contributed by atoms with van der Waals surface area (Å²) in [6, 6.07) is 2.41. The molecule has 72 valence electrons. The van der Waals surface area contributed by atoms with Crippen LogP contribution in [0.15, 0.2) is 16.8 Å². The third kappa shape index (κ3) is 2.10. The van der Waals surface area contributed by atoms with Crippen LogP contribution in [-0.2, 0) is 0 Å². The van der Waals surface area contributed by atoms with Crippen LogP contribution < -0.4 is 11.1 Å². The van der Waals surface area contributed by atoms with Gasteiger partial charge in [-0.3, -0.25) is 0 Å². The summed E-state index contributed by atoms with van der Waals surface area (Å²) in [4.78, 5) is 0. The molecule has 0 saturated carbocycles. The van der Waals surface area contributed by atoms with Crippen molar-refractivity contribution >= 4 is 11.3 Å². The Morgan fingerprint density at radius 2 is 2.23 bits per heavy atom. The molecule has 1 saturated heterocycles. The second-order valence-corrected chi connectivity index (χ2v) is 4.45. The topological polar surface area (TPSA) is 38.0 Å². The van der Waals surface area contributed by atoms with Gasteiger partial charge in [-0.05, 0) is 54.2 Å². The molecule has 0 bridgehead atoms. The number of nitrogens with two attached hydrogens (primary N) is 1. The minimum Gasteiger partial charge on any atom is -0.324 e. The van der Waals surface area contributed by atoms with Gasteiger partial charge in [0, 0.05) is 6.04 Å². The number of thiophene rings is 1. The lowest BCUT2D eigenvalue weighted by molar-refractivity contribution is 0.322. The molecule has 3 N–H and O–H groups in total. The number of hydrogen-bond acceptors (Lipinski definition) is 3.